The van der Waals surface area contributed by atoms with E-state index in [2.05, 4.69) is 59.4 Å². The third-order valence-electron chi connectivity index (χ3n) is 9.47. The van der Waals surface area contributed by atoms with Gasteiger partial charge in [-0.1, -0.05) is 70.6 Å². The van der Waals surface area contributed by atoms with Crippen LogP contribution in [-0.4, -0.2) is 11.2 Å². The Kier molecular flexibility index (Phi) is 5.52. The van der Waals surface area contributed by atoms with Crippen LogP contribution in [-0.2, 0) is 0 Å². The average molecular weight is 395 g/mol. The fourth-order valence-electron chi connectivity index (χ4n) is 7.23. The molecule has 29 heavy (non-hydrogen) atoms. The van der Waals surface area contributed by atoms with Crippen molar-refractivity contribution in [2.24, 2.45) is 34.5 Å². The highest BCUT2D eigenvalue weighted by Gasteiger charge is 2.54. The molecular weight excluding hydrogens is 352 g/mol. The van der Waals surface area contributed by atoms with Gasteiger partial charge in [0.25, 0.3) is 0 Å². The molecule has 6 atom stereocenters. The lowest BCUT2D eigenvalue weighted by atomic mass is 9.54. The van der Waals surface area contributed by atoms with Crippen molar-refractivity contribution in [3.63, 3.8) is 0 Å². The van der Waals surface area contributed by atoms with Crippen LogP contribution in [0.2, 0.25) is 0 Å². The van der Waals surface area contributed by atoms with Crippen molar-refractivity contribution in [2.75, 3.05) is 0 Å². The van der Waals surface area contributed by atoms with Crippen molar-refractivity contribution in [3.05, 3.63) is 47.1 Å². The van der Waals surface area contributed by atoms with Crippen LogP contribution >= 0.6 is 0 Å². The lowest BCUT2D eigenvalue weighted by Gasteiger charge is -2.50. The van der Waals surface area contributed by atoms with Gasteiger partial charge < -0.3 is 5.11 Å². The molecule has 1 N–H and O–H groups in total. The first-order valence-electron chi connectivity index (χ1n) is 12.1. The van der Waals surface area contributed by atoms with E-state index in [4.69, 9.17) is 0 Å². The highest BCUT2D eigenvalue weighted by atomic mass is 16.3. The first kappa shape index (κ1) is 21.2. The van der Waals surface area contributed by atoms with Crippen molar-refractivity contribution < 1.29 is 5.11 Å². The summed E-state index contributed by atoms with van der Waals surface area (Å²) in [5, 5.41) is 10.2. The molecular formula is C28H42O. The molecule has 0 saturated heterocycles. The largest absolute Gasteiger partial charge is 0.393 e. The van der Waals surface area contributed by atoms with Crippen LogP contribution in [0.5, 0.6) is 0 Å². The van der Waals surface area contributed by atoms with Crippen LogP contribution in [0.3, 0.4) is 0 Å². The zero-order valence-electron chi connectivity index (χ0n) is 19.4. The van der Waals surface area contributed by atoms with Crippen LogP contribution in [0, 0.1) is 34.5 Å². The van der Waals surface area contributed by atoms with Crippen molar-refractivity contribution in [1.82, 2.24) is 0 Å². The number of aliphatic hydroxyl groups excluding tert-OH is 1. The van der Waals surface area contributed by atoms with E-state index in [1.807, 2.05) is 0 Å². The van der Waals surface area contributed by atoms with Gasteiger partial charge in [0.2, 0.25) is 0 Å². The topological polar surface area (TPSA) is 20.2 Å². The second-order valence-electron chi connectivity index (χ2n) is 11.4. The zero-order valence-corrected chi connectivity index (χ0v) is 19.4. The minimum absolute atomic E-state index is 0.143. The molecule has 0 radical (unpaired) electrons. The fraction of sp³-hybridized carbons (Fsp3) is 0.714. The molecule has 1 nitrogen and oxygen atoms in total. The third kappa shape index (κ3) is 3.42. The standard InChI is InChI=1S/C28H42O/c1-18(2)19(3)7-8-20(4)24-11-12-25-23-10-9-21-17-22(29)13-15-27(21,5)26(23)14-16-28(24,25)6/h9-10,14,18,20,22,24-25,29H,3,7-8,11-13,15-17H2,1-2,4-6H3/t20-,22+,24?,25?,27?,28?/m1/s1. The Labute approximate surface area is 179 Å². The molecule has 0 aromatic heterocycles. The summed E-state index contributed by atoms with van der Waals surface area (Å²) in [6.45, 7) is 16.4. The van der Waals surface area contributed by atoms with Gasteiger partial charge in [0, 0.05) is 5.41 Å². The molecule has 160 valence electrons. The Hall–Kier alpha value is -1.08. The second kappa shape index (κ2) is 7.56. The first-order valence-corrected chi connectivity index (χ1v) is 12.1. The Bertz CT molecular complexity index is 765. The van der Waals surface area contributed by atoms with Crippen LogP contribution in [0.4, 0.5) is 0 Å². The summed E-state index contributed by atoms with van der Waals surface area (Å²) in [6.07, 6.45) is 16.6. The van der Waals surface area contributed by atoms with Gasteiger partial charge >= 0.3 is 0 Å². The van der Waals surface area contributed by atoms with Gasteiger partial charge in [0.1, 0.15) is 0 Å². The molecule has 0 spiro atoms. The predicted octanol–water partition coefficient (Wildman–Crippen LogP) is 7.40. The van der Waals surface area contributed by atoms with Gasteiger partial charge in [-0.15, -0.1) is 0 Å². The Morgan fingerprint density at radius 3 is 2.66 bits per heavy atom. The molecule has 4 aliphatic carbocycles. The molecule has 1 heteroatoms. The fourth-order valence-corrected chi connectivity index (χ4v) is 7.23. The van der Waals surface area contributed by atoms with E-state index in [-0.39, 0.29) is 11.5 Å². The number of hydrogen-bond acceptors (Lipinski definition) is 1. The minimum Gasteiger partial charge on any atom is -0.393 e. The maximum absolute atomic E-state index is 10.2. The summed E-state index contributed by atoms with van der Waals surface area (Å²) in [4.78, 5) is 0. The van der Waals surface area contributed by atoms with E-state index in [0.717, 1.165) is 31.1 Å². The minimum atomic E-state index is -0.143. The van der Waals surface area contributed by atoms with Crippen LogP contribution in [0.1, 0.15) is 86.0 Å². The van der Waals surface area contributed by atoms with Crippen LogP contribution in [0.25, 0.3) is 0 Å². The summed E-state index contributed by atoms with van der Waals surface area (Å²) >= 11 is 0. The van der Waals surface area contributed by atoms with E-state index < -0.39 is 0 Å². The van der Waals surface area contributed by atoms with Crippen LogP contribution in [0.15, 0.2) is 47.1 Å². The highest BCUT2D eigenvalue weighted by molar-refractivity contribution is 5.53. The normalized spacial score (nSPS) is 39.7. The predicted molar refractivity (Wildman–Crippen MR) is 124 cm³/mol. The van der Waals surface area contributed by atoms with E-state index in [0.29, 0.717) is 17.3 Å². The van der Waals surface area contributed by atoms with E-state index in [1.54, 1.807) is 11.1 Å². The maximum atomic E-state index is 10.2. The molecule has 2 fully saturated rings. The van der Waals surface area contributed by atoms with Gasteiger partial charge in [0.05, 0.1) is 6.10 Å². The summed E-state index contributed by atoms with van der Waals surface area (Å²) in [5.41, 5.74) is 6.72. The smallest absolute Gasteiger partial charge is 0.0578 e. The van der Waals surface area contributed by atoms with E-state index in [1.165, 1.54) is 43.3 Å². The highest BCUT2D eigenvalue weighted by Crippen LogP contribution is 2.64. The second-order valence-corrected chi connectivity index (χ2v) is 11.4. The number of rotatable bonds is 5. The van der Waals surface area contributed by atoms with Crippen molar-refractivity contribution in [1.29, 1.82) is 0 Å². The summed E-state index contributed by atoms with van der Waals surface area (Å²) in [5.74, 6) is 2.91. The molecule has 2 saturated carbocycles. The van der Waals surface area contributed by atoms with Gasteiger partial charge in [0.15, 0.2) is 0 Å². The van der Waals surface area contributed by atoms with Gasteiger partial charge in [-0.05, 0) is 91.6 Å². The monoisotopic (exact) mass is 394 g/mol. The molecule has 0 bridgehead atoms. The lowest BCUT2D eigenvalue weighted by molar-refractivity contribution is 0.107. The van der Waals surface area contributed by atoms with Crippen molar-refractivity contribution in [3.8, 4) is 0 Å². The molecule has 0 aliphatic heterocycles. The molecule has 0 aromatic rings. The van der Waals surface area contributed by atoms with Gasteiger partial charge in [-0.25, -0.2) is 0 Å². The number of aliphatic hydroxyl groups is 1. The maximum Gasteiger partial charge on any atom is 0.0578 e. The third-order valence-corrected chi connectivity index (χ3v) is 9.47. The van der Waals surface area contributed by atoms with Crippen LogP contribution < -0.4 is 0 Å². The first-order chi connectivity index (χ1) is 13.7. The number of hydrogen-bond donors (Lipinski definition) is 1. The number of allylic oxidation sites excluding steroid dienone is 6. The molecule has 0 heterocycles. The Morgan fingerprint density at radius 1 is 1.17 bits per heavy atom. The summed E-state index contributed by atoms with van der Waals surface area (Å²) in [6, 6.07) is 0. The summed E-state index contributed by atoms with van der Waals surface area (Å²) in [7, 11) is 0. The Balaban J connectivity index is 1.56. The molecule has 4 aliphatic rings. The van der Waals surface area contributed by atoms with Gasteiger partial charge in [-0.2, -0.15) is 0 Å². The summed E-state index contributed by atoms with van der Waals surface area (Å²) < 4.78 is 0. The van der Waals surface area contributed by atoms with E-state index >= 15 is 0 Å². The molecule has 4 rings (SSSR count). The quantitative estimate of drug-likeness (QED) is 0.482. The average Bonchev–Trinajstić information content (AvgIpc) is 3.03. The molecule has 4 unspecified atom stereocenters. The Morgan fingerprint density at radius 2 is 1.93 bits per heavy atom. The SMILES string of the molecule is C=C(CC[C@@H](C)C1CCC2C3=CC=C4C[C@@H](O)CCC4(C)C3=CCC21C)C(C)C. The molecule has 0 amide bonds. The van der Waals surface area contributed by atoms with Crippen molar-refractivity contribution >= 4 is 0 Å². The zero-order chi connectivity index (χ0) is 21.0. The van der Waals surface area contributed by atoms with E-state index in [9.17, 15) is 5.11 Å². The number of fused-ring (bicyclic) bond motifs is 5. The lowest BCUT2D eigenvalue weighted by Crippen LogP contribution is -2.41. The van der Waals surface area contributed by atoms with Gasteiger partial charge in [-0.3, -0.25) is 0 Å². The van der Waals surface area contributed by atoms with Crippen molar-refractivity contribution in [2.45, 2.75) is 92.1 Å². The molecule has 0 aromatic carbocycles.